The molecule has 2 aromatic rings. The Kier molecular flexibility index (Phi) is 5.25. The van der Waals surface area contributed by atoms with Crippen molar-refractivity contribution in [2.75, 3.05) is 44.2 Å². The first-order valence-corrected chi connectivity index (χ1v) is 10.0. The number of rotatable bonds is 3. The van der Waals surface area contributed by atoms with E-state index < -0.39 is 0 Å². The highest BCUT2D eigenvalue weighted by atomic mass is 16.2. The summed E-state index contributed by atoms with van der Waals surface area (Å²) >= 11 is 0. The number of nitrogens with zero attached hydrogens (tertiary/aromatic N) is 7. The van der Waals surface area contributed by atoms with Gasteiger partial charge in [0, 0.05) is 37.9 Å². The molecule has 2 aromatic heterocycles. The zero-order valence-corrected chi connectivity index (χ0v) is 16.9. The van der Waals surface area contributed by atoms with Crippen molar-refractivity contribution in [3.63, 3.8) is 0 Å². The fourth-order valence-corrected chi connectivity index (χ4v) is 4.08. The summed E-state index contributed by atoms with van der Waals surface area (Å²) in [5.74, 6) is 1.69. The molecule has 2 saturated heterocycles. The lowest BCUT2D eigenvalue weighted by molar-refractivity contribution is 0.0739. The minimum absolute atomic E-state index is 0.0209. The third-order valence-electron chi connectivity index (χ3n) is 5.63. The smallest absolute Gasteiger partial charge is 0.276 e. The summed E-state index contributed by atoms with van der Waals surface area (Å²) in [6.45, 7) is 10.6. The molecule has 1 N–H and O–H groups in total. The van der Waals surface area contributed by atoms with Gasteiger partial charge in [0.2, 0.25) is 0 Å². The Labute approximate surface area is 165 Å². The van der Waals surface area contributed by atoms with E-state index in [2.05, 4.69) is 30.5 Å². The van der Waals surface area contributed by atoms with Gasteiger partial charge in [-0.05, 0) is 46.7 Å². The van der Waals surface area contributed by atoms with Crippen molar-refractivity contribution >= 4 is 11.7 Å². The maximum atomic E-state index is 13.0. The van der Waals surface area contributed by atoms with E-state index in [-0.39, 0.29) is 5.91 Å². The monoisotopic (exact) mass is 384 g/mol. The summed E-state index contributed by atoms with van der Waals surface area (Å²) in [4.78, 5) is 26.0. The predicted octanol–water partition coefficient (Wildman–Crippen LogP) is 0.880. The summed E-state index contributed by atoms with van der Waals surface area (Å²) in [6.07, 6.45) is 2.04. The first-order chi connectivity index (χ1) is 13.5. The molecule has 2 aliphatic heterocycles. The van der Waals surface area contributed by atoms with E-state index in [1.54, 1.807) is 0 Å². The fraction of sp³-hybridized carbons (Fsp3) is 0.632. The van der Waals surface area contributed by atoms with Gasteiger partial charge in [-0.25, -0.2) is 14.6 Å². The molecule has 9 heteroatoms. The molecular weight excluding hydrogens is 356 g/mol. The van der Waals surface area contributed by atoms with Gasteiger partial charge in [-0.2, -0.15) is 0 Å². The minimum Gasteiger partial charge on any atom is -0.353 e. The number of hydrogen-bond acceptors (Lipinski definition) is 7. The number of carbonyl (C=O) groups is 1. The lowest BCUT2D eigenvalue weighted by Crippen LogP contribution is -2.49. The van der Waals surface area contributed by atoms with Crippen LogP contribution in [0.3, 0.4) is 0 Å². The van der Waals surface area contributed by atoms with Crippen LogP contribution in [0.4, 0.5) is 5.82 Å². The largest absolute Gasteiger partial charge is 0.353 e. The second-order valence-electron chi connectivity index (χ2n) is 7.64. The van der Waals surface area contributed by atoms with Crippen molar-refractivity contribution in [2.24, 2.45) is 0 Å². The molecule has 0 radical (unpaired) electrons. The second kappa shape index (κ2) is 7.83. The average Bonchev–Trinajstić information content (AvgIpc) is 3.09. The van der Waals surface area contributed by atoms with Crippen LogP contribution in [0.2, 0.25) is 0 Å². The van der Waals surface area contributed by atoms with Crippen LogP contribution >= 0.6 is 0 Å². The SMILES string of the molecule is Cc1cc(N2CCN(C(=O)c3nnn(C4CCNCC4)c3C)CC2)nc(C)n1. The van der Waals surface area contributed by atoms with Gasteiger partial charge < -0.3 is 15.1 Å². The van der Waals surface area contributed by atoms with Gasteiger partial charge in [-0.3, -0.25) is 4.79 Å². The molecule has 0 atom stereocenters. The molecule has 4 rings (SSSR count). The lowest BCUT2D eigenvalue weighted by Gasteiger charge is -2.35. The summed E-state index contributed by atoms with van der Waals surface area (Å²) in [6, 6.07) is 2.33. The van der Waals surface area contributed by atoms with E-state index in [1.807, 2.05) is 36.4 Å². The van der Waals surface area contributed by atoms with Gasteiger partial charge in [0.25, 0.3) is 5.91 Å². The highest BCUT2D eigenvalue weighted by Gasteiger charge is 2.28. The number of aryl methyl sites for hydroxylation is 2. The highest BCUT2D eigenvalue weighted by Crippen LogP contribution is 2.22. The number of aromatic nitrogens is 5. The van der Waals surface area contributed by atoms with E-state index in [9.17, 15) is 4.79 Å². The van der Waals surface area contributed by atoms with Gasteiger partial charge in [0.1, 0.15) is 11.6 Å². The molecule has 1 amide bonds. The zero-order chi connectivity index (χ0) is 19.7. The number of piperidine rings is 1. The topological polar surface area (TPSA) is 92.1 Å². The standard InChI is InChI=1S/C19H28N8O/c1-13-12-17(22-15(3)21-13)25-8-10-26(11-9-25)19(28)18-14(2)27(24-23-18)16-4-6-20-7-5-16/h12,16,20H,4-11H2,1-3H3. The number of hydrogen-bond donors (Lipinski definition) is 1. The first-order valence-electron chi connectivity index (χ1n) is 10.0. The number of anilines is 1. The molecule has 0 bridgehead atoms. The third-order valence-corrected chi connectivity index (χ3v) is 5.63. The van der Waals surface area contributed by atoms with Crippen LogP contribution in [0.25, 0.3) is 0 Å². The first kappa shape index (κ1) is 18.8. The molecule has 0 unspecified atom stereocenters. The normalized spacial score (nSPS) is 18.5. The molecule has 150 valence electrons. The van der Waals surface area contributed by atoms with Crippen molar-refractivity contribution in [1.82, 2.24) is 35.2 Å². The van der Waals surface area contributed by atoms with E-state index in [0.29, 0.717) is 24.8 Å². The molecule has 2 fully saturated rings. The molecule has 28 heavy (non-hydrogen) atoms. The van der Waals surface area contributed by atoms with Gasteiger partial charge in [0.15, 0.2) is 5.69 Å². The maximum Gasteiger partial charge on any atom is 0.276 e. The van der Waals surface area contributed by atoms with Crippen molar-refractivity contribution in [3.8, 4) is 0 Å². The number of carbonyl (C=O) groups excluding carboxylic acids is 1. The molecule has 2 aliphatic rings. The van der Waals surface area contributed by atoms with Gasteiger partial charge in [-0.15, -0.1) is 5.10 Å². The predicted molar refractivity (Wildman–Crippen MR) is 106 cm³/mol. The molecular formula is C19H28N8O. The van der Waals surface area contributed by atoms with Crippen molar-refractivity contribution in [1.29, 1.82) is 0 Å². The van der Waals surface area contributed by atoms with Crippen LogP contribution in [-0.4, -0.2) is 75.0 Å². The van der Waals surface area contributed by atoms with Gasteiger partial charge in [-0.1, -0.05) is 5.21 Å². The van der Waals surface area contributed by atoms with Crippen LogP contribution in [0.1, 0.15) is 46.6 Å². The Balaban J connectivity index is 1.42. The van der Waals surface area contributed by atoms with Crippen molar-refractivity contribution in [3.05, 3.63) is 29.0 Å². The summed E-state index contributed by atoms with van der Waals surface area (Å²) < 4.78 is 1.94. The summed E-state index contributed by atoms with van der Waals surface area (Å²) in [7, 11) is 0. The zero-order valence-electron chi connectivity index (χ0n) is 16.9. The summed E-state index contributed by atoms with van der Waals surface area (Å²) in [5, 5.41) is 11.9. The Hall–Kier alpha value is -2.55. The van der Waals surface area contributed by atoms with E-state index in [1.165, 1.54) is 0 Å². The van der Waals surface area contributed by atoms with Crippen LogP contribution in [-0.2, 0) is 0 Å². The Morgan fingerprint density at radius 3 is 2.46 bits per heavy atom. The van der Waals surface area contributed by atoms with E-state index >= 15 is 0 Å². The summed E-state index contributed by atoms with van der Waals surface area (Å²) in [5.41, 5.74) is 2.33. The lowest BCUT2D eigenvalue weighted by atomic mass is 10.1. The molecule has 0 aliphatic carbocycles. The second-order valence-corrected chi connectivity index (χ2v) is 7.64. The highest BCUT2D eigenvalue weighted by molar-refractivity contribution is 5.93. The van der Waals surface area contributed by atoms with Gasteiger partial charge >= 0.3 is 0 Å². The minimum atomic E-state index is -0.0209. The number of amides is 1. The molecule has 4 heterocycles. The van der Waals surface area contributed by atoms with Crippen LogP contribution in [0.15, 0.2) is 6.07 Å². The van der Waals surface area contributed by atoms with Gasteiger partial charge in [0.05, 0.1) is 11.7 Å². The fourth-order valence-electron chi connectivity index (χ4n) is 4.08. The molecule has 0 saturated carbocycles. The number of nitrogens with one attached hydrogen (secondary N) is 1. The quantitative estimate of drug-likeness (QED) is 0.840. The van der Waals surface area contributed by atoms with Crippen molar-refractivity contribution in [2.45, 2.75) is 39.7 Å². The molecule has 0 spiro atoms. The van der Waals surface area contributed by atoms with Crippen LogP contribution < -0.4 is 10.2 Å². The third kappa shape index (κ3) is 3.71. The maximum absolute atomic E-state index is 13.0. The average molecular weight is 384 g/mol. The van der Waals surface area contributed by atoms with Crippen molar-refractivity contribution < 1.29 is 4.79 Å². The van der Waals surface area contributed by atoms with E-state index in [4.69, 9.17) is 0 Å². The molecule has 9 nitrogen and oxygen atoms in total. The van der Waals surface area contributed by atoms with Crippen LogP contribution in [0.5, 0.6) is 0 Å². The Morgan fingerprint density at radius 2 is 1.79 bits per heavy atom. The Morgan fingerprint density at radius 1 is 1.07 bits per heavy atom. The van der Waals surface area contributed by atoms with Crippen LogP contribution in [0, 0.1) is 20.8 Å². The Bertz CT molecular complexity index is 829. The number of piperazine rings is 1. The molecule has 0 aromatic carbocycles. The van der Waals surface area contributed by atoms with E-state index in [0.717, 1.165) is 62.1 Å².